The average Bonchev–Trinajstić information content (AvgIpc) is 2.01. The fraction of sp³-hybridized carbons (Fsp3) is 1.00. The molecular formula is C11H26N2P+. The molecule has 1 aliphatic heterocycles. The second kappa shape index (κ2) is 4.08. The number of rotatable bonds is 1. The Hall–Kier alpha value is 0.350. The van der Waals surface area contributed by atoms with Crippen LogP contribution in [0.25, 0.3) is 0 Å². The topological polar surface area (TPSA) is 6.48 Å². The lowest BCUT2D eigenvalue weighted by atomic mass is 10.1. The molecule has 0 radical (unpaired) electrons. The van der Waals surface area contributed by atoms with E-state index in [9.17, 15) is 0 Å². The second-order valence-electron chi connectivity index (χ2n) is 6.05. The maximum atomic E-state index is 2.69. The number of hydrogen-bond acceptors (Lipinski definition) is 2. The first-order valence-electron chi connectivity index (χ1n) is 5.53. The monoisotopic (exact) mass is 217 g/mol. The molecule has 0 unspecified atom stereocenters. The molecular weight excluding hydrogens is 191 g/mol. The predicted molar refractivity (Wildman–Crippen MR) is 67.6 cm³/mol. The van der Waals surface area contributed by atoms with E-state index in [0.29, 0.717) is 5.54 Å². The highest BCUT2D eigenvalue weighted by Crippen LogP contribution is 2.51. The van der Waals surface area contributed by atoms with Gasteiger partial charge in [0.25, 0.3) is 0 Å². The van der Waals surface area contributed by atoms with Crippen molar-refractivity contribution >= 4 is 7.41 Å². The van der Waals surface area contributed by atoms with Crippen molar-refractivity contribution in [3.05, 3.63) is 0 Å². The molecule has 0 spiro atoms. The Morgan fingerprint density at radius 2 is 1.29 bits per heavy atom. The Kier molecular flexibility index (Phi) is 3.62. The molecule has 0 saturated carbocycles. The maximum Gasteiger partial charge on any atom is 0.0742 e. The fourth-order valence-corrected chi connectivity index (χ4v) is 3.35. The van der Waals surface area contributed by atoms with Crippen LogP contribution in [0.4, 0.5) is 0 Å². The van der Waals surface area contributed by atoms with Crippen molar-refractivity contribution in [1.82, 2.24) is 9.57 Å². The molecule has 0 aliphatic carbocycles. The highest BCUT2D eigenvalue weighted by molar-refractivity contribution is 7.71. The van der Waals surface area contributed by atoms with Gasteiger partial charge in [0.1, 0.15) is 0 Å². The summed E-state index contributed by atoms with van der Waals surface area (Å²) in [7, 11) is -0.763. The standard InChI is InChI=1S/C11H26N2P/c1-11(2,3)12-7-9-13(10-8-12)14(4,5)6/h7-10H2,1-6H3/q+1. The van der Waals surface area contributed by atoms with E-state index in [1.54, 1.807) is 0 Å². The second-order valence-corrected chi connectivity index (χ2v) is 10.5. The van der Waals surface area contributed by atoms with Gasteiger partial charge in [0.2, 0.25) is 0 Å². The first kappa shape index (κ1) is 12.4. The third-order valence-corrected chi connectivity index (χ3v) is 5.15. The number of hydrogen-bond donors (Lipinski definition) is 0. The number of piperazine rings is 1. The van der Waals surface area contributed by atoms with Crippen LogP contribution < -0.4 is 0 Å². The van der Waals surface area contributed by atoms with Gasteiger partial charge in [-0.25, -0.2) is 0 Å². The van der Waals surface area contributed by atoms with Crippen molar-refractivity contribution in [1.29, 1.82) is 0 Å². The van der Waals surface area contributed by atoms with Gasteiger partial charge in [-0.3, -0.25) is 4.90 Å². The largest absolute Gasteiger partial charge is 0.296 e. The Balaban J connectivity index is 2.47. The SMILES string of the molecule is CC(C)(C)N1CCN([P+](C)(C)C)CC1. The molecule has 0 bridgehead atoms. The van der Waals surface area contributed by atoms with Gasteiger partial charge in [0.05, 0.1) is 27.4 Å². The molecule has 1 heterocycles. The zero-order chi connectivity index (χ0) is 11.0. The van der Waals surface area contributed by atoms with E-state index in [0.717, 1.165) is 0 Å². The van der Waals surface area contributed by atoms with E-state index in [2.05, 4.69) is 50.3 Å². The van der Waals surface area contributed by atoms with E-state index < -0.39 is 7.41 Å². The Morgan fingerprint density at radius 3 is 1.57 bits per heavy atom. The summed E-state index contributed by atoms with van der Waals surface area (Å²) in [5, 5.41) is 0. The summed E-state index contributed by atoms with van der Waals surface area (Å²) in [6, 6.07) is 0. The van der Waals surface area contributed by atoms with Crippen molar-refractivity contribution in [3.63, 3.8) is 0 Å². The van der Waals surface area contributed by atoms with E-state index in [4.69, 9.17) is 0 Å². The van der Waals surface area contributed by atoms with Gasteiger partial charge >= 0.3 is 0 Å². The summed E-state index contributed by atoms with van der Waals surface area (Å²) in [6.45, 7) is 19.2. The van der Waals surface area contributed by atoms with Crippen LogP contribution in [0, 0.1) is 0 Å². The Bertz CT molecular complexity index is 160. The fourth-order valence-electron chi connectivity index (χ4n) is 1.97. The summed E-state index contributed by atoms with van der Waals surface area (Å²) >= 11 is 0. The lowest BCUT2D eigenvalue weighted by Gasteiger charge is -2.43. The van der Waals surface area contributed by atoms with Crippen molar-refractivity contribution < 1.29 is 0 Å². The molecule has 84 valence electrons. The first-order chi connectivity index (χ1) is 6.21. The molecule has 1 saturated heterocycles. The summed E-state index contributed by atoms with van der Waals surface area (Å²) in [4.78, 5) is 2.60. The summed E-state index contributed by atoms with van der Waals surface area (Å²) in [5.74, 6) is 0. The van der Waals surface area contributed by atoms with E-state index in [1.807, 2.05) is 0 Å². The molecule has 1 rings (SSSR count). The highest BCUT2D eigenvalue weighted by Gasteiger charge is 2.34. The smallest absolute Gasteiger partial charge is 0.0742 e. The van der Waals surface area contributed by atoms with Crippen molar-refractivity contribution in [2.45, 2.75) is 26.3 Å². The Morgan fingerprint density at radius 1 is 0.857 bits per heavy atom. The molecule has 0 aromatic carbocycles. The Labute approximate surface area is 90.0 Å². The minimum absolute atomic E-state index is 0.350. The predicted octanol–water partition coefficient (Wildman–Crippen LogP) is 2.22. The van der Waals surface area contributed by atoms with Crippen LogP contribution in [0.3, 0.4) is 0 Å². The minimum Gasteiger partial charge on any atom is -0.296 e. The van der Waals surface area contributed by atoms with E-state index >= 15 is 0 Å². The van der Waals surface area contributed by atoms with Gasteiger partial charge in [0, 0.05) is 31.7 Å². The van der Waals surface area contributed by atoms with Crippen molar-refractivity contribution in [3.8, 4) is 0 Å². The molecule has 14 heavy (non-hydrogen) atoms. The third kappa shape index (κ3) is 3.18. The van der Waals surface area contributed by atoms with Gasteiger partial charge in [-0.2, -0.15) is 4.67 Å². The molecule has 3 heteroatoms. The van der Waals surface area contributed by atoms with Gasteiger partial charge in [-0.05, 0) is 20.8 Å². The molecule has 0 aromatic rings. The van der Waals surface area contributed by atoms with Crippen molar-refractivity contribution in [2.24, 2.45) is 0 Å². The molecule has 0 amide bonds. The van der Waals surface area contributed by atoms with Gasteiger partial charge in [-0.15, -0.1) is 0 Å². The zero-order valence-electron chi connectivity index (χ0n) is 10.7. The lowest BCUT2D eigenvalue weighted by molar-refractivity contribution is 0.0931. The summed E-state index contributed by atoms with van der Waals surface area (Å²) in [5.41, 5.74) is 0.350. The van der Waals surface area contributed by atoms with Crippen LogP contribution in [0.1, 0.15) is 20.8 Å². The van der Waals surface area contributed by atoms with Crippen LogP contribution in [-0.2, 0) is 0 Å². The highest BCUT2D eigenvalue weighted by atomic mass is 31.2. The average molecular weight is 217 g/mol. The molecule has 1 fully saturated rings. The number of nitrogens with zero attached hydrogens (tertiary/aromatic N) is 2. The third-order valence-electron chi connectivity index (χ3n) is 3.05. The quantitative estimate of drug-likeness (QED) is 0.621. The zero-order valence-corrected chi connectivity index (χ0v) is 11.6. The van der Waals surface area contributed by atoms with E-state index in [-0.39, 0.29) is 0 Å². The van der Waals surface area contributed by atoms with Gasteiger partial charge in [-0.1, -0.05) is 0 Å². The molecule has 0 N–H and O–H groups in total. The van der Waals surface area contributed by atoms with Gasteiger partial charge < -0.3 is 0 Å². The maximum absolute atomic E-state index is 2.69. The van der Waals surface area contributed by atoms with E-state index in [1.165, 1.54) is 26.2 Å². The molecule has 2 nitrogen and oxygen atoms in total. The van der Waals surface area contributed by atoms with Crippen LogP contribution in [0.2, 0.25) is 0 Å². The van der Waals surface area contributed by atoms with Crippen LogP contribution in [0.5, 0.6) is 0 Å². The van der Waals surface area contributed by atoms with Crippen LogP contribution in [-0.4, -0.2) is 61.3 Å². The summed E-state index contributed by atoms with van der Waals surface area (Å²) < 4.78 is 2.69. The first-order valence-corrected chi connectivity index (χ1v) is 8.61. The molecule has 0 atom stereocenters. The minimum atomic E-state index is -0.763. The van der Waals surface area contributed by atoms with Gasteiger partial charge in [0.15, 0.2) is 0 Å². The van der Waals surface area contributed by atoms with Crippen LogP contribution >= 0.6 is 7.41 Å². The molecule has 1 aliphatic rings. The normalized spacial score (nSPS) is 22.7. The lowest BCUT2D eigenvalue weighted by Crippen LogP contribution is -2.52. The molecule has 0 aromatic heterocycles. The van der Waals surface area contributed by atoms with Crippen molar-refractivity contribution in [2.75, 3.05) is 46.2 Å². The van der Waals surface area contributed by atoms with Crippen LogP contribution in [0.15, 0.2) is 0 Å². The summed E-state index contributed by atoms with van der Waals surface area (Å²) in [6.07, 6.45) is 0.